The van der Waals surface area contributed by atoms with Crippen molar-refractivity contribution in [1.29, 1.82) is 0 Å². The molecule has 124 valence electrons. The number of H-pyrrole nitrogens is 1. The molecule has 2 aromatic rings. The molecule has 0 spiro atoms. The molecule has 0 radical (unpaired) electrons. The van der Waals surface area contributed by atoms with Crippen molar-refractivity contribution >= 4 is 16.8 Å². The first kappa shape index (κ1) is 16.0. The van der Waals surface area contributed by atoms with Gasteiger partial charge in [0.25, 0.3) is 0 Å². The van der Waals surface area contributed by atoms with E-state index in [0.717, 1.165) is 30.4 Å². The zero-order valence-corrected chi connectivity index (χ0v) is 13.4. The fourth-order valence-electron chi connectivity index (χ4n) is 3.27. The highest BCUT2D eigenvalue weighted by Crippen LogP contribution is 2.21. The topological polar surface area (TPSA) is 87.0 Å². The van der Waals surface area contributed by atoms with Gasteiger partial charge in [0.05, 0.1) is 11.7 Å². The second kappa shape index (κ2) is 7.57. The molecule has 1 atom stereocenters. The van der Waals surface area contributed by atoms with Gasteiger partial charge in [0, 0.05) is 37.5 Å². The lowest BCUT2D eigenvalue weighted by molar-refractivity contribution is -0.121. The van der Waals surface area contributed by atoms with Gasteiger partial charge in [-0.05, 0) is 31.0 Å². The first-order valence-electron chi connectivity index (χ1n) is 8.39. The summed E-state index contributed by atoms with van der Waals surface area (Å²) >= 11 is 0. The SMILES string of the molecule is NCCC(=O)NCC1CCCCN1Cc1ccc2cn[nH]c2c1. The van der Waals surface area contributed by atoms with E-state index >= 15 is 0 Å². The third-order valence-electron chi connectivity index (χ3n) is 4.55. The molecule has 1 aromatic heterocycles. The van der Waals surface area contributed by atoms with E-state index in [4.69, 9.17) is 5.73 Å². The minimum absolute atomic E-state index is 0.0527. The monoisotopic (exact) mass is 315 g/mol. The van der Waals surface area contributed by atoms with Gasteiger partial charge in [-0.25, -0.2) is 0 Å². The number of amides is 1. The molecule has 3 rings (SSSR count). The second-order valence-electron chi connectivity index (χ2n) is 6.25. The zero-order valence-electron chi connectivity index (χ0n) is 13.4. The molecule has 1 saturated heterocycles. The standard InChI is InChI=1S/C17H25N5O/c18-7-6-17(23)19-11-15-3-1-2-8-22(15)12-13-4-5-14-10-20-21-16(14)9-13/h4-5,9-10,15H,1-3,6-8,11-12,18H2,(H,19,23)(H,20,21). The summed E-state index contributed by atoms with van der Waals surface area (Å²) < 4.78 is 0. The Balaban J connectivity index is 1.62. The first-order valence-corrected chi connectivity index (χ1v) is 8.39. The summed E-state index contributed by atoms with van der Waals surface area (Å²) in [7, 11) is 0. The maximum atomic E-state index is 11.6. The summed E-state index contributed by atoms with van der Waals surface area (Å²) in [5.74, 6) is 0.0527. The summed E-state index contributed by atoms with van der Waals surface area (Å²) in [6, 6.07) is 6.84. The highest BCUT2D eigenvalue weighted by atomic mass is 16.1. The third kappa shape index (κ3) is 4.09. The van der Waals surface area contributed by atoms with E-state index in [2.05, 4.69) is 38.6 Å². The number of rotatable bonds is 6. The van der Waals surface area contributed by atoms with Crippen molar-refractivity contribution in [2.75, 3.05) is 19.6 Å². The van der Waals surface area contributed by atoms with Crippen LogP contribution in [0.1, 0.15) is 31.2 Å². The van der Waals surface area contributed by atoms with E-state index in [1.54, 1.807) is 0 Å². The van der Waals surface area contributed by atoms with E-state index in [0.29, 0.717) is 25.6 Å². The molecule has 2 heterocycles. The molecule has 1 unspecified atom stereocenters. The van der Waals surface area contributed by atoms with Crippen LogP contribution in [0, 0.1) is 0 Å². The van der Waals surface area contributed by atoms with Crippen LogP contribution in [-0.4, -0.2) is 46.7 Å². The van der Waals surface area contributed by atoms with E-state index in [1.807, 2.05) is 6.20 Å². The van der Waals surface area contributed by atoms with Crippen LogP contribution in [0.25, 0.3) is 10.9 Å². The average Bonchev–Trinajstić information content (AvgIpc) is 3.02. The lowest BCUT2D eigenvalue weighted by Gasteiger charge is -2.36. The molecule has 6 heteroatoms. The van der Waals surface area contributed by atoms with Crippen LogP contribution in [0.15, 0.2) is 24.4 Å². The number of carbonyl (C=O) groups excluding carboxylic acids is 1. The number of likely N-dealkylation sites (tertiary alicyclic amines) is 1. The van der Waals surface area contributed by atoms with Gasteiger partial charge < -0.3 is 11.1 Å². The lowest BCUT2D eigenvalue weighted by Crippen LogP contribution is -2.46. The van der Waals surface area contributed by atoms with E-state index in [-0.39, 0.29) is 5.91 Å². The predicted molar refractivity (Wildman–Crippen MR) is 90.8 cm³/mol. The Bertz CT molecular complexity index is 653. The Morgan fingerprint density at radius 3 is 3.22 bits per heavy atom. The third-order valence-corrected chi connectivity index (χ3v) is 4.55. The van der Waals surface area contributed by atoms with Crippen molar-refractivity contribution in [2.24, 2.45) is 5.73 Å². The van der Waals surface area contributed by atoms with Crippen molar-refractivity contribution in [3.05, 3.63) is 30.0 Å². The minimum atomic E-state index is 0.0527. The maximum absolute atomic E-state index is 11.6. The number of nitrogens with two attached hydrogens (primary N) is 1. The van der Waals surface area contributed by atoms with Crippen molar-refractivity contribution < 1.29 is 4.79 Å². The van der Waals surface area contributed by atoms with Crippen LogP contribution in [0.3, 0.4) is 0 Å². The van der Waals surface area contributed by atoms with Gasteiger partial charge in [-0.1, -0.05) is 18.6 Å². The maximum Gasteiger partial charge on any atom is 0.221 e. The molecule has 1 aromatic carbocycles. The Morgan fingerprint density at radius 1 is 1.43 bits per heavy atom. The van der Waals surface area contributed by atoms with Gasteiger partial charge in [0.1, 0.15) is 0 Å². The molecule has 0 aliphatic carbocycles. The Kier molecular flexibility index (Phi) is 5.25. The van der Waals surface area contributed by atoms with Crippen LogP contribution < -0.4 is 11.1 Å². The number of hydrogen-bond acceptors (Lipinski definition) is 4. The van der Waals surface area contributed by atoms with Crippen molar-refractivity contribution in [2.45, 2.75) is 38.3 Å². The average molecular weight is 315 g/mol. The van der Waals surface area contributed by atoms with Crippen LogP contribution in [0.4, 0.5) is 0 Å². The van der Waals surface area contributed by atoms with Gasteiger partial charge in [0.2, 0.25) is 5.91 Å². The fourth-order valence-corrected chi connectivity index (χ4v) is 3.27. The summed E-state index contributed by atoms with van der Waals surface area (Å²) in [6.07, 6.45) is 5.83. The second-order valence-corrected chi connectivity index (χ2v) is 6.25. The Morgan fingerprint density at radius 2 is 2.35 bits per heavy atom. The van der Waals surface area contributed by atoms with E-state index < -0.39 is 0 Å². The van der Waals surface area contributed by atoms with Crippen LogP contribution in [0.2, 0.25) is 0 Å². The molecule has 1 fully saturated rings. The molecule has 0 saturated carbocycles. The van der Waals surface area contributed by atoms with Gasteiger partial charge in [-0.3, -0.25) is 14.8 Å². The van der Waals surface area contributed by atoms with Crippen molar-refractivity contribution in [3.63, 3.8) is 0 Å². The number of carbonyl (C=O) groups is 1. The summed E-state index contributed by atoms with van der Waals surface area (Å²) in [5.41, 5.74) is 7.78. The number of benzene rings is 1. The van der Waals surface area contributed by atoms with E-state index in [1.165, 1.54) is 18.4 Å². The highest BCUT2D eigenvalue weighted by molar-refractivity contribution is 5.78. The number of nitrogens with one attached hydrogen (secondary N) is 2. The Labute approximate surface area is 136 Å². The van der Waals surface area contributed by atoms with Gasteiger partial charge in [-0.15, -0.1) is 0 Å². The zero-order chi connectivity index (χ0) is 16.1. The van der Waals surface area contributed by atoms with Gasteiger partial charge in [0.15, 0.2) is 0 Å². The molecule has 0 bridgehead atoms. The van der Waals surface area contributed by atoms with Crippen LogP contribution in [0.5, 0.6) is 0 Å². The Hall–Kier alpha value is -1.92. The number of aromatic amines is 1. The minimum Gasteiger partial charge on any atom is -0.354 e. The van der Waals surface area contributed by atoms with Crippen molar-refractivity contribution in [3.8, 4) is 0 Å². The summed E-state index contributed by atoms with van der Waals surface area (Å²) in [5, 5.41) is 11.3. The van der Waals surface area contributed by atoms with Gasteiger partial charge in [-0.2, -0.15) is 5.10 Å². The number of fused-ring (bicyclic) bond motifs is 1. The molecule has 1 aliphatic heterocycles. The van der Waals surface area contributed by atoms with Gasteiger partial charge >= 0.3 is 0 Å². The first-order chi connectivity index (χ1) is 11.3. The molecule has 4 N–H and O–H groups in total. The number of piperidine rings is 1. The molecular formula is C17H25N5O. The lowest BCUT2D eigenvalue weighted by atomic mass is 10.0. The number of nitrogens with zero attached hydrogens (tertiary/aromatic N) is 2. The normalized spacial score (nSPS) is 19.1. The molecular weight excluding hydrogens is 290 g/mol. The number of aromatic nitrogens is 2. The molecule has 23 heavy (non-hydrogen) atoms. The molecule has 1 aliphatic rings. The van der Waals surface area contributed by atoms with Crippen LogP contribution >= 0.6 is 0 Å². The smallest absolute Gasteiger partial charge is 0.221 e. The summed E-state index contributed by atoms with van der Waals surface area (Å²) in [4.78, 5) is 14.1. The van der Waals surface area contributed by atoms with E-state index in [9.17, 15) is 4.79 Å². The molecule has 6 nitrogen and oxygen atoms in total. The quantitative estimate of drug-likeness (QED) is 0.751. The summed E-state index contributed by atoms with van der Waals surface area (Å²) in [6.45, 7) is 3.11. The largest absolute Gasteiger partial charge is 0.354 e. The number of hydrogen-bond donors (Lipinski definition) is 3. The van der Waals surface area contributed by atoms with Crippen molar-refractivity contribution in [1.82, 2.24) is 20.4 Å². The molecule has 1 amide bonds. The fraction of sp³-hybridized carbons (Fsp3) is 0.529. The van der Waals surface area contributed by atoms with Crippen LogP contribution in [-0.2, 0) is 11.3 Å². The highest BCUT2D eigenvalue weighted by Gasteiger charge is 2.22. The predicted octanol–water partition coefficient (Wildman–Crippen LogP) is 1.38.